The van der Waals surface area contributed by atoms with Gasteiger partial charge in [-0.25, -0.2) is 0 Å². The Balaban J connectivity index is 0.000000336. The molecule has 0 radical (unpaired) electrons. The van der Waals surface area contributed by atoms with Crippen LogP contribution >= 0.6 is 0 Å². The van der Waals surface area contributed by atoms with Crippen LogP contribution in [0.2, 0.25) is 0 Å². The van der Waals surface area contributed by atoms with Crippen LogP contribution in [0.25, 0.3) is 0 Å². The first-order valence-corrected chi connectivity index (χ1v) is 5.33. The Hall–Kier alpha value is -0.0800. The second kappa shape index (κ2) is 4.83. The van der Waals surface area contributed by atoms with Crippen LogP contribution < -0.4 is 10.6 Å². The summed E-state index contributed by atoms with van der Waals surface area (Å²) in [6.45, 7) is 9.00. The van der Waals surface area contributed by atoms with Crippen LogP contribution in [-0.4, -0.2) is 26.2 Å². The van der Waals surface area contributed by atoms with E-state index in [-0.39, 0.29) is 0 Å². The topological polar surface area (TPSA) is 24.1 Å². The monoisotopic (exact) mass is 170 g/mol. The average Bonchev–Trinajstić information content (AvgIpc) is 2.58. The summed E-state index contributed by atoms with van der Waals surface area (Å²) < 4.78 is 0. The first-order valence-electron chi connectivity index (χ1n) is 5.33. The number of nitrogens with one attached hydrogen (secondary N) is 2. The maximum atomic E-state index is 3.46. The lowest BCUT2D eigenvalue weighted by atomic mass is 9.78. The molecule has 2 aliphatic heterocycles. The van der Waals surface area contributed by atoms with Crippen molar-refractivity contribution >= 4 is 0 Å². The van der Waals surface area contributed by atoms with Gasteiger partial charge in [0.05, 0.1) is 0 Å². The van der Waals surface area contributed by atoms with Gasteiger partial charge in [0.25, 0.3) is 0 Å². The molecule has 2 heteroatoms. The first kappa shape index (κ1) is 10.0. The predicted octanol–water partition coefficient (Wildman–Crippen LogP) is 1.38. The van der Waals surface area contributed by atoms with Crippen LogP contribution in [0.1, 0.15) is 33.1 Å². The van der Waals surface area contributed by atoms with Gasteiger partial charge in [-0.05, 0) is 44.3 Å². The molecule has 1 spiro atoms. The Morgan fingerprint density at radius 3 is 1.83 bits per heavy atom. The molecule has 2 heterocycles. The molecule has 0 aromatic heterocycles. The summed E-state index contributed by atoms with van der Waals surface area (Å²) >= 11 is 0. The highest BCUT2D eigenvalue weighted by Gasteiger charge is 2.34. The van der Waals surface area contributed by atoms with E-state index in [0.717, 1.165) is 0 Å². The third-order valence-electron chi connectivity index (χ3n) is 3.00. The summed E-state index contributed by atoms with van der Waals surface area (Å²) in [6, 6.07) is 0. The van der Waals surface area contributed by atoms with Crippen molar-refractivity contribution in [2.75, 3.05) is 26.2 Å². The molecule has 0 bridgehead atoms. The van der Waals surface area contributed by atoms with E-state index in [1.807, 2.05) is 13.8 Å². The van der Waals surface area contributed by atoms with Gasteiger partial charge in [-0.1, -0.05) is 13.8 Å². The summed E-state index contributed by atoms with van der Waals surface area (Å²) in [5, 5.41) is 6.86. The Morgan fingerprint density at radius 1 is 0.833 bits per heavy atom. The zero-order valence-electron chi connectivity index (χ0n) is 8.45. The molecule has 2 N–H and O–H groups in total. The minimum atomic E-state index is 0.700. The highest BCUT2D eigenvalue weighted by Crippen LogP contribution is 2.34. The normalized spacial score (nSPS) is 26.5. The Labute approximate surface area is 76.1 Å². The second-order valence-corrected chi connectivity index (χ2v) is 3.68. The van der Waals surface area contributed by atoms with Crippen molar-refractivity contribution in [2.45, 2.75) is 33.1 Å². The molecule has 2 nitrogen and oxygen atoms in total. The SMILES string of the molecule is C1CC2(CCN1)CCNC2.CC. The van der Waals surface area contributed by atoms with Gasteiger partial charge in [0.1, 0.15) is 0 Å². The fourth-order valence-electron chi connectivity index (χ4n) is 2.18. The average molecular weight is 170 g/mol. The van der Waals surface area contributed by atoms with Crippen molar-refractivity contribution in [1.82, 2.24) is 10.6 Å². The molecule has 12 heavy (non-hydrogen) atoms. The largest absolute Gasteiger partial charge is 0.317 e. The maximum Gasteiger partial charge on any atom is 0.000924 e. The van der Waals surface area contributed by atoms with Crippen molar-refractivity contribution in [3.63, 3.8) is 0 Å². The minimum Gasteiger partial charge on any atom is -0.317 e. The highest BCUT2D eigenvalue weighted by atomic mass is 15.0. The van der Waals surface area contributed by atoms with Gasteiger partial charge in [0.15, 0.2) is 0 Å². The van der Waals surface area contributed by atoms with Gasteiger partial charge in [-0.15, -0.1) is 0 Å². The molecule has 0 aliphatic carbocycles. The maximum absolute atomic E-state index is 3.46. The van der Waals surface area contributed by atoms with Crippen LogP contribution in [0.3, 0.4) is 0 Å². The fourth-order valence-corrected chi connectivity index (χ4v) is 2.18. The van der Waals surface area contributed by atoms with Crippen molar-refractivity contribution in [3.8, 4) is 0 Å². The molecule has 0 saturated carbocycles. The summed E-state index contributed by atoms with van der Waals surface area (Å²) in [7, 11) is 0. The van der Waals surface area contributed by atoms with Gasteiger partial charge in [0.2, 0.25) is 0 Å². The standard InChI is InChI=1S/C8H16N2.C2H6/c1-4-9-5-2-8(1)3-6-10-7-8;1-2/h9-10H,1-7H2;1-2H3. The zero-order chi connectivity index (χ0) is 8.86. The summed E-state index contributed by atoms with van der Waals surface area (Å²) in [5.74, 6) is 0. The van der Waals surface area contributed by atoms with Gasteiger partial charge in [-0.3, -0.25) is 0 Å². The van der Waals surface area contributed by atoms with E-state index in [9.17, 15) is 0 Å². The van der Waals surface area contributed by atoms with Crippen molar-refractivity contribution < 1.29 is 0 Å². The number of hydrogen-bond donors (Lipinski definition) is 2. The van der Waals surface area contributed by atoms with Crippen molar-refractivity contribution in [3.05, 3.63) is 0 Å². The van der Waals surface area contributed by atoms with E-state index in [4.69, 9.17) is 0 Å². The quantitative estimate of drug-likeness (QED) is 0.574. The van der Waals surface area contributed by atoms with Crippen molar-refractivity contribution in [1.29, 1.82) is 0 Å². The van der Waals surface area contributed by atoms with Gasteiger partial charge in [0, 0.05) is 6.54 Å². The lowest BCUT2D eigenvalue weighted by molar-refractivity contribution is 0.229. The molecule has 0 unspecified atom stereocenters. The van der Waals surface area contributed by atoms with Crippen molar-refractivity contribution in [2.24, 2.45) is 5.41 Å². The third-order valence-corrected chi connectivity index (χ3v) is 3.00. The molecule has 0 amide bonds. The molecule has 72 valence electrons. The third kappa shape index (κ3) is 2.20. The van der Waals surface area contributed by atoms with Crippen LogP contribution in [0.4, 0.5) is 0 Å². The minimum absolute atomic E-state index is 0.700. The predicted molar refractivity (Wildman–Crippen MR) is 53.4 cm³/mol. The molecular weight excluding hydrogens is 148 g/mol. The molecule has 0 atom stereocenters. The molecule has 0 aromatic rings. The lowest BCUT2D eigenvalue weighted by Crippen LogP contribution is -2.37. The summed E-state index contributed by atoms with van der Waals surface area (Å²) in [6.07, 6.45) is 4.19. The Morgan fingerprint density at radius 2 is 1.33 bits per heavy atom. The Bertz CT molecular complexity index is 109. The van der Waals surface area contributed by atoms with E-state index >= 15 is 0 Å². The van der Waals surface area contributed by atoms with Crippen LogP contribution in [0.5, 0.6) is 0 Å². The van der Waals surface area contributed by atoms with E-state index in [1.54, 1.807) is 0 Å². The number of piperidine rings is 1. The lowest BCUT2D eigenvalue weighted by Gasteiger charge is -2.32. The zero-order valence-corrected chi connectivity index (χ0v) is 8.45. The van der Waals surface area contributed by atoms with E-state index < -0.39 is 0 Å². The molecule has 2 saturated heterocycles. The molecule has 2 aliphatic rings. The summed E-state index contributed by atoms with van der Waals surface area (Å²) in [5.41, 5.74) is 0.700. The summed E-state index contributed by atoms with van der Waals surface area (Å²) in [4.78, 5) is 0. The fraction of sp³-hybridized carbons (Fsp3) is 1.00. The second-order valence-electron chi connectivity index (χ2n) is 3.68. The van der Waals surface area contributed by atoms with Gasteiger partial charge < -0.3 is 10.6 Å². The highest BCUT2D eigenvalue weighted by molar-refractivity contribution is 4.90. The van der Waals surface area contributed by atoms with Gasteiger partial charge >= 0.3 is 0 Å². The molecule has 0 aromatic carbocycles. The van der Waals surface area contributed by atoms with Crippen LogP contribution in [-0.2, 0) is 0 Å². The van der Waals surface area contributed by atoms with E-state index in [0.29, 0.717) is 5.41 Å². The number of rotatable bonds is 0. The molecule has 2 rings (SSSR count). The Kier molecular flexibility index (Phi) is 4.02. The van der Waals surface area contributed by atoms with E-state index in [1.165, 1.54) is 45.4 Å². The molecular formula is C10H22N2. The van der Waals surface area contributed by atoms with Gasteiger partial charge in [-0.2, -0.15) is 0 Å². The number of hydrogen-bond acceptors (Lipinski definition) is 2. The van der Waals surface area contributed by atoms with Crippen LogP contribution in [0, 0.1) is 5.41 Å². The van der Waals surface area contributed by atoms with E-state index in [2.05, 4.69) is 10.6 Å². The first-order chi connectivity index (χ1) is 5.91. The smallest absolute Gasteiger partial charge is 0.000924 e. The van der Waals surface area contributed by atoms with Crippen LogP contribution in [0.15, 0.2) is 0 Å². The molecule has 2 fully saturated rings.